The molecule has 1 fully saturated rings. The maximum Gasteiger partial charge on any atom is 0.303 e. The molecule has 2 unspecified atom stereocenters. The molecule has 3 nitrogen and oxygen atoms in total. The lowest BCUT2D eigenvalue weighted by molar-refractivity contribution is -0.137. The minimum absolute atomic E-state index is 0.226. The smallest absolute Gasteiger partial charge is 0.303 e. The van der Waals surface area contributed by atoms with E-state index in [0.717, 1.165) is 12.3 Å². The third-order valence-electron chi connectivity index (χ3n) is 3.20. The fraction of sp³-hybridized carbons (Fsp3) is 0.917. The zero-order chi connectivity index (χ0) is 11.1. The first-order valence-corrected chi connectivity index (χ1v) is 6.05. The van der Waals surface area contributed by atoms with Crippen molar-refractivity contribution in [3.63, 3.8) is 0 Å². The van der Waals surface area contributed by atoms with E-state index in [4.69, 9.17) is 9.84 Å². The molecule has 2 atom stereocenters. The van der Waals surface area contributed by atoms with E-state index in [-0.39, 0.29) is 6.42 Å². The summed E-state index contributed by atoms with van der Waals surface area (Å²) >= 11 is 0. The second kappa shape index (κ2) is 6.83. The number of ether oxygens (including phenoxy) is 1. The molecule has 1 aliphatic rings. The highest BCUT2D eigenvalue weighted by Gasteiger charge is 2.20. The fourth-order valence-corrected chi connectivity index (χ4v) is 2.24. The molecule has 0 aliphatic heterocycles. The topological polar surface area (TPSA) is 46.5 Å². The lowest BCUT2D eigenvalue weighted by Gasteiger charge is -2.28. The van der Waals surface area contributed by atoms with Gasteiger partial charge < -0.3 is 9.84 Å². The Kier molecular flexibility index (Phi) is 5.69. The second-order valence-electron chi connectivity index (χ2n) is 4.43. The molecule has 1 aliphatic carbocycles. The van der Waals surface area contributed by atoms with Crippen LogP contribution in [0.5, 0.6) is 0 Å². The van der Waals surface area contributed by atoms with Crippen molar-refractivity contribution >= 4 is 5.97 Å². The Morgan fingerprint density at radius 3 is 2.93 bits per heavy atom. The molecule has 0 aromatic heterocycles. The van der Waals surface area contributed by atoms with Gasteiger partial charge in [-0.15, -0.1) is 0 Å². The molecule has 0 saturated heterocycles. The van der Waals surface area contributed by atoms with Crippen LogP contribution in [0, 0.1) is 5.92 Å². The Labute approximate surface area is 91.8 Å². The van der Waals surface area contributed by atoms with Crippen molar-refractivity contribution in [3.05, 3.63) is 0 Å². The molecule has 0 amide bonds. The van der Waals surface area contributed by atoms with Gasteiger partial charge in [-0.25, -0.2) is 0 Å². The highest BCUT2D eigenvalue weighted by atomic mass is 16.5. The van der Waals surface area contributed by atoms with E-state index in [1.165, 1.54) is 25.7 Å². The molecule has 0 spiro atoms. The molecule has 3 heteroatoms. The maximum atomic E-state index is 10.3. The van der Waals surface area contributed by atoms with E-state index in [1.807, 2.05) is 0 Å². The molecule has 1 N–H and O–H groups in total. The zero-order valence-corrected chi connectivity index (χ0v) is 9.58. The Morgan fingerprint density at radius 2 is 2.27 bits per heavy atom. The predicted molar refractivity (Wildman–Crippen MR) is 58.9 cm³/mol. The van der Waals surface area contributed by atoms with Crippen LogP contribution in [0.4, 0.5) is 0 Å². The SMILES string of the molecule is CCC1CCCC(OCCCC(=O)O)C1. The molecule has 0 heterocycles. The van der Waals surface area contributed by atoms with E-state index in [9.17, 15) is 4.79 Å². The summed E-state index contributed by atoms with van der Waals surface area (Å²) in [4.78, 5) is 10.3. The van der Waals surface area contributed by atoms with E-state index >= 15 is 0 Å². The Bertz CT molecular complexity index is 191. The first-order valence-electron chi connectivity index (χ1n) is 6.05. The van der Waals surface area contributed by atoms with Gasteiger partial charge in [-0.2, -0.15) is 0 Å². The highest BCUT2D eigenvalue weighted by molar-refractivity contribution is 5.66. The Balaban J connectivity index is 2.07. The molecule has 0 bridgehead atoms. The van der Waals surface area contributed by atoms with Gasteiger partial charge in [0.05, 0.1) is 6.10 Å². The van der Waals surface area contributed by atoms with Crippen LogP contribution in [0.15, 0.2) is 0 Å². The number of rotatable bonds is 6. The molecule has 0 aromatic carbocycles. The molecule has 15 heavy (non-hydrogen) atoms. The van der Waals surface area contributed by atoms with Crippen LogP contribution >= 0.6 is 0 Å². The van der Waals surface area contributed by atoms with Crippen molar-refractivity contribution in [2.45, 2.75) is 58.0 Å². The van der Waals surface area contributed by atoms with Gasteiger partial charge in [-0.1, -0.05) is 26.2 Å². The average molecular weight is 214 g/mol. The minimum atomic E-state index is -0.728. The first-order chi connectivity index (χ1) is 7.22. The minimum Gasteiger partial charge on any atom is -0.481 e. The summed E-state index contributed by atoms with van der Waals surface area (Å²) in [5, 5.41) is 8.48. The van der Waals surface area contributed by atoms with E-state index in [1.54, 1.807) is 0 Å². The molecule has 1 saturated carbocycles. The second-order valence-corrected chi connectivity index (χ2v) is 4.43. The van der Waals surface area contributed by atoms with Crippen LogP contribution in [-0.4, -0.2) is 23.8 Å². The van der Waals surface area contributed by atoms with Gasteiger partial charge in [-0.05, 0) is 25.2 Å². The number of hydrogen-bond donors (Lipinski definition) is 1. The van der Waals surface area contributed by atoms with Crippen molar-refractivity contribution in [1.29, 1.82) is 0 Å². The van der Waals surface area contributed by atoms with Crippen molar-refractivity contribution in [2.24, 2.45) is 5.92 Å². The van der Waals surface area contributed by atoms with Crippen molar-refractivity contribution in [3.8, 4) is 0 Å². The third-order valence-corrected chi connectivity index (χ3v) is 3.20. The van der Waals surface area contributed by atoms with Gasteiger partial charge in [0.2, 0.25) is 0 Å². The van der Waals surface area contributed by atoms with Gasteiger partial charge in [0.15, 0.2) is 0 Å². The number of carboxylic acid groups (broad SMARTS) is 1. The summed E-state index contributed by atoms with van der Waals surface area (Å²) < 4.78 is 5.70. The molecular weight excluding hydrogens is 192 g/mol. The zero-order valence-electron chi connectivity index (χ0n) is 9.58. The van der Waals surface area contributed by atoms with Crippen LogP contribution in [0.1, 0.15) is 51.9 Å². The fourth-order valence-electron chi connectivity index (χ4n) is 2.24. The summed E-state index contributed by atoms with van der Waals surface area (Å²) in [5.74, 6) is 0.0944. The van der Waals surface area contributed by atoms with Crippen molar-refractivity contribution in [1.82, 2.24) is 0 Å². The quantitative estimate of drug-likeness (QED) is 0.691. The monoisotopic (exact) mass is 214 g/mol. The Hall–Kier alpha value is -0.570. The van der Waals surface area contributed by atoms with Crippen LogP contribution < -0.4 is 0 Å². The maximum absolute atomic E-state index is 10.3. The van der Waals surface area contributed by atoms with E-state index < -0.39 is 5.97 Å². The van der Waals surface area contributed by atoms with Crippen LogP contribution in [0.2, 0.25) is 0 Å². The summed E-state index contributed by atoms with van der Waals surface area (Å²) in [6, 6.07) is 0. The summed E-state index contributed by atoms with van der Waals surface area (Å²) in [5.41, 5.74) is 0. The van der Waals surface area contributed by atoms with Gasteiger partial charge in [0, 0.05) is 13.0 Å². The molecule has 88 valence electrons. The van der Waals surface area contributed by atoms with Crippen LogP contribution in [0.3, 0.4) is 0 Å². The average Bonchev–Trinajstić information content (AvgIpc) is 2.24. The van der Waals surface area contributed by atoms with Gasteiger partial charge in [0.25, 0.3) is 0 Å². The summed E-state index contributed by atoms with van der Waals surface area (Å²) in [6.45, 7) is 2.84. The van der Waals surface area contributed by atoms with Crippen LogP contribution in [-0.2, 0) is 9.53 Å². The van der Waals surface area contributed by atoms with Crippen molar-refractivity contribution in [2.75, 3.05) is 6.61 Å². The summed E-state index contributed by atoms with van der Waals surface area (Å²) in [6.07, 6.45) is 7.43. The van der Waals surface area contributed by atoms with Gasteiger partial charge in [-0.3, -0.25) is 4.79 Å². The predicted octanol–water partition coefficient (Wildman–Crippen LogP) is 2.84. The molecule has 0 radical (unpaired) electrons. The van der Waals surface area contributed by atoms with Crippen LogP contribution in [0.25, 0.3) is 0 Å². The van der Waals surface area contributed by atoms with Gasteiger partial charge in [0.1, 0.15) is 0 Å². The largest absolute Gasteiger partial charge is 0.481 e. The first kappa shape index (κ1) is 12.5. The number of carboxylic acids is 1. The standard InChI is InChI=1S/C12H22O3/c1-2-10-5-3-6-11(9-10)15-8-4-7-12(13)14/h10-11H,2-9H2,1H3,(H,13,14). The van der Waals surface area contributed by atoms with Gasteiger partial charge >= 0.3 is 5.97 Å². The number of carbonyl (C=O) groups is 1. The molecular formula is C12H22O3. The lowest BCUT2D eigenvalue weighted by atomic mass is 9.85. The highest BCUT2D eigenvalue weighted by Crippen LogP contribution is 2.28. The van der Waals surface area contributed by atoms with Crippen molar-refractivity contribution < 1.29 is 14.6 Å². The molecule has 0 aromatic rings. The Morgan fingerprint density at radius 1 is 1.47 bits per heavy atom. The van der Waals surface area contributed by atoms with E-state index in [0.29, 0.717) is 19.1 Å². The van der Waals surface area contributed by atoms with E-state index in [2.05, 4.69) is 6.92 Å². The summed E-state index contributed by atoms with van der Waals surface area (Å²) in [7, 11) is 0. The number of aliphatic carboxylic acids is 1. The molecule has 1 rings (SSSR count). The normalized spacial score (nSPS) is 26.5. The lowest BCUT2D eigenvalue weighted by Crippen LogP contribution is -2.23. The number of hydrogen-bond acceptors (Lipinski definition) is 2. The third kappa shape index (κ3) is 5.17.